The molecule has 0 aromatic carbocycles. The van der Waals surface area contributed by atoms with Crippen molar-refractivity contribution >= 4 is 29.3 Å². The Labute approximate surface area is 160 Å². The molecule has 1 aromatic rings. The third-order valence-corrected chi connectivity index (χ3v) is 4.46. The van der Waals surface area contributed by atoms with E-state index in [0.29, 0.717) is 12.5 Å². The highest BCUT2D eigenvalue weighted by atomic mass is 32.1. The molecule has 0 spiro atoms. The van der Waals surface area contributed by atoms with Crippen LogP contribution in [0.25, 0.3) is 6.08 Å². The van der Waals surface area contributed by atoms with Crippen molar-refractivity contribution < 1.29 is 14.3 Å². The minimum atomic E-state index is -0.339. The molecule has 0 saturated heterocycles. The van der Waals surface area contributed by atoms with Gasteiger partial charge >= 0.3 is 5.97 Å². The molecule has 2 atom stereocenters. The summed E-state index contributed by atoms with van der Waals surface area (Å²) in [6, 6.07) is -0.111. The van der Waals surface area contributed by atoms with E-state index in [4.69, 9.17) is 4.74 Å². The highest BCUT2D eigenvalue weighted by molar-refractivity contribution is 7.09. The molecule has 5 nitrogen and oxygen atoms in total. The predicted molar refractivity (Wildman–Crippen MR) is 107 cm³/mol. The SMILES string of the molecule is CC(=O)N[C@H](C)c1nc(/C=C\C=C\C(=O)OCC(C)CC(C)(C)C)cs1. The average Bonchev–Trinajstić information content (AvgIpc) is 2.96. The Morgan fingerprint density at radius 2 is 2.00 bits per heavy atom. The van der Waals surface area contributed by atoms with Crippen molar-refractivity contribution in [2.75, 3.05) is 6.61 Å². The summed E-state index contributed by atoms with van der Waals surface area (Å²) in [5.41, 5.74) is 1.02. The lowest BCUT2D eigenvalue weighted by Crippen LogP contribution is -2.23. The molecule has 1 unspecified atom stereocenters. The quantitative estimate of drug-likeness (QED) is 0.410. The van der Waals surface area contributed by atoms with Gasteiger partial charge in [-0.2, -0.15) is 0 Å². The lowest BCUT2D eigenvalue weighted by atomic mass is 9.86. The van der Waals surface area contributed by atoms with Gasteiger partial charge in [0.2, 0.25) is 5.91 Å². The maximum Gasteiger partial charge on any atom is 0.330 e. The standard InChI is InChI=1S/C20H30N2O3S/c1-14(11-20(4,5)6)12-25-18(24)10-8-7-9-17-13-26-19(22-17)15(2)21-16(3)23/h7-10,13-15H,11-12H2,1-6H3,(H,21,23)/b9-7-,10-8+/t14?,15-/m1/s1. The maximum atomic E-state index is 11.7. The van der Waals surface area contributed by atoms with Gasteiger partial charge in [-0.25, -0.2) is 9.78 Å². The second-order valence-electron chi connectivity index (χ2n) is 7.75. The minimum Gasteiger partial charge on any atom is -0.462 e. The summed E-state index contributed by atoms with van der Waals surface area (Å²) in [4.78, 5) is 27.2. The van der Waals surface area contributed by atoms with E-state index < -0.39 is 0 Å². The number of nitrogens with zero attached hydrogens (tertiary/aromatic N) is 1. The number of esters is 1. The Balaban J connectivity index is 2.42. The molecule has 0 aliphatic carbocycles. The number of allylic oxidation sites excluding steroid dienone is 2. The first-order valence-corrected chi connectivity index (χ1v) is 9.69. The molecule has 6 heteroatoms. The Kier molecular flexibility index (Phi) is 8.72. The van der Waals surface area contributed by atoms with Gasteiger partial charge in [-0.05, 0) is 30.8 Å². The fourth-order valence-electron chi connectivity index (χ4n) is 2.61. The first-order valence-electron chi connectivity index (χ1n) is 8.81. The highest BCUT2D eigenvalue weighted by Crippen LogP contribution is 2.24. The Bertz CT molecular complexity index is 656. The topological polar surface area (TPSA) is 68.3 Å². The summed E-state index contributed by atoms with van der Waals surface area (Å²) < 4.78 is 5.26. The van der Waals surface area contributed by atoms with Crippen LogP contribution in [0, 0.1) is 11.3 Å². The van der Waals surface area contributed by atoms with Crippen LogP contribution in [-0.2, 0) is 14.3 Å². The van der Waals surface area contributed by atoms with Crippen LogP contribution in [0.5, 0.6) is 0 Å². The third kappa shape index (κ3) is 9.51. The van der Waals surface area contributed by atoms with Gasteiger partial charge in [0.05, 0.1) is 18.3 Å². The molecule has 0 bridgehead atoms. The van der Waals surface area contributed by atoms with Crippen molar-refractivity contribution in [3.8, 4) is 0 Å². The zero-order valence-corrected chi connectivity index (χ0v) is 17.4. The summed E-state index contributed by atoms with van der Waals surface area (Å²) in [6.45, 7) is 12.4. The van der Waals surface area contributed by atoms with Crippen molar-refractivity contribution in [3.05, 3.63) is 34.3 Å². The molecular formula is C20H30N2O3S. The van der Waals surface area contributed by atoms with Crippen LogP contribution in [0.1, 0.15) is 64.7 Å². The molecule has 0 saturated carbocycles. The van der Waals surface area contributed by atoms with Crippen molar-refractivity contribution in [2.24, 2.45) is 11.3 Å². The smallest absolute Gasteiger partial charge is 0.330 e. The second-order valence-corrected chi connectivity index (χ2v) is 8.64. The molecule has 26 heavy (non-hydrogen) atoms. The zero-order valence-electron chi connectivity index (χ0n) is 16.5. The Morgan fingerprint density at radius 3 is 2.62 bits per heavy atom. The fourth-order valence-corrected chi connectivity index (χ4v) is 3.40. The van der Waals surface area contributed by atoms with E-state index in [1.54, 1.807) is 12.2 Å². The van der Waals surface area contributed by atoms with E-state index in [9.17, 15) is 9.59 Å². The van der Waals surface area contributed by atoms with Crippen LogP contribution >= 0.6 is 11.3 Å². The van der Waals surface area contributed by atoms with E-state index in [-0.39, 0.29) is 23.3 Å². The number of aromatic nitrogens is 1. The second kappa shape index (κ2) is 10.3. The summed E-state index contributed by atoms with van der Waals surface area (Å²) in [5.74, 6) is -0.0846. The van der Waals surface area contributed by atoms with Gasteiger partial charge in [0.15, 0.2) is 0 Å². The van der Waals surface area contributed by atoms with E-state index in [1.165, 1.54) is 24.3 Å². The van der Waals surface area contributed by atoms with Crippen LogP contribution in [0.3, 0.4) is 0 Å². The molecule has 0 fully saturated rings. The monoisotopic (exact) mass is 378 g/mol. The fraction of sp³-hybridized carbons (Fsp3) is 0.550. The van der Waals surface area contributed by atoms with Gasteiger partial charge in [0, 0.05) is 18.4 Å². The Morgan fingerprint density at radius 1 is 1.31 bits per heavy atom. The van der Waals surface area contributed by atoms with Crippen LogP contribution in [0.4, 0.5) is 0 Å². The summed E-state index contributed by atoms with van der Waals surface area (Å²) in [5, 5.41) is 5.55. The highest BCUT2D eigenvalue weighted by Gasteiger charge is 2.16. The summed E-state index contributed by atoms with van der Waals surface area (Å²) >= 11 is 1.49. The molecule has 1 aromatic heterocycles. The number of nitrogens with one attached hydrogen (secondary N) is 1. The predicted octanol–water partition coefficient (Wildman–Crippen LogP) is 4.53. The molecule has 0 aliphatic rings. The molecule has 144 valence electrons. The number of carbonyl (C=O) groups is 2. The van der Waals surface area contributed by atoms with Crippen molar-refractivity contribution in [1.82, 2.24) is 10.3 Å². The van der Waals surface area contributed by atoms with Gasteiger partial charge in [-0.15, -0.1) is 11.3 Å². The molecule has 1 rings (SSSR count). The zero-order chi connectivity index (χ0) is 19.7. The van der Waals surface area contributed by atoms with Crippen LogP contribution in [-0.4, -0.2) is 23.5 Å². The maximum absolute atomic E-state index is 11.7. The van der Waals surface area contributed by atoms with E-state index in [1.807, 2.05) is 18.4 Å². The summed E-state index contributed by atoms with van der Waals surface area (Å²) in [7, 11) is 0. The molecule has 0 radical (unpaired) electrons. The first-order chi connectivity index (χ1) is 12.1. The lowest BCUT2D eigenvalue weighted by Gasteiger charge is -2.22. The van der Waals surface area contributed by atoms with E-state index in [0.717, 1.165) is 17.1 Å². The lowest BCUT2D eigenvalue weighted by molar-refractivity contribution is -0.139. The summed E-state index contributed by atoms with van der Waals surface area (Å²) in [6.07, 6.45) is 7.63. The first kappa shape index (κ1) is 22.1. The van der Waals surface area contributed by atoms with E-state index in [2.05, 4.69) is 38.0 Å². The number of thiazole rings is 1. The van der Waals surface area contributed by atoms with Gasteiger partial charge in [-0.1, -0.05) is 39.8 Å². The number of rotatable bonds is 8. The average molecular weight is 379 g/mol. The van der Waals surface area contributed by atoms with Gasteiger partial charge < -0.3 is 10.1 Å². The Hall–Kier alpha value is -1.95. The van der Waals surface area contributed by atoms with Gasteiger partial charge in [-0.3, -0.25) is 4.79 Å². The van der Waals surface area contributed by atoms with Gasteiger partial charge in [0.1, 0.15) is 5.01 Å². The van der Waals surface area contributed by atoms with Crippen molar-refractivity contribution in [2.45, 2.75) is 54.0 Å². The van der Waals surface area contributed by atoms with Crippen molar-refractivity contribution in [1.29, 1.82) is 0 Å². The number of hydrogen-bond acceptors (Lipinski definition) is 5. The van der Waals surface area contributed by atoms with Gasteiger partial charge in [0.25, 0.3) is 0 Å². The molecule has 1 N–H and O–H groups in total. The number of carbonyl (C=O) groups excluding carboxylic acids is 2. The molecule has 0 aliphatic heterocycles. The molecular weight excluding hydrogens is 348 g/mol. The number of hydrogen-bond donors (Lipinski definition) is 1. The largest absolute Gasteiger partial charge is 0.462 e. The molecule has 1 amide bonds. The minimum absolute atomic E-state index is 0.0805. The van der Waals surface area contributed by atoms with Crippen LogP contribution in [0.2, 0.25) is 0 Å². The van der Waals surface area contributed by atoms with E-state index >= 15 is 0 Å². The normalized spacial score (nSPS) is 14.5. The molecule has 1 heterocycles. The van der Waals surface area contributed by atoms with Crippen LogP contribution in [0.15, 0.2) is 23.6 Å². The number of amides is 1. The number of ether oxygens (including phenoxy) is 1. The van der Waals surface area contributed by atoms with Crippen LogP contribution < -0.4 is 5.32 Å². The van der Waals surface area contributed by atoms with Crippen molar-refractivity contribution in [3.63, 3.8) is 0 Å². The third-order valence-electron chi connectivity index (χ3n) is 3.41.